The molecule has 1 rings (SSSR count). The van der Waals surface area contributed by atoms with Gasteiger partial charge >= 0.3 is 0 Å². The minimum atomic E-state index is 0.406. The highest BCUT2D eigenvalue weighted by molar-refractivity contribution is 6.42. The van der Waals surface area contributed by atoms with E-state index < -0.39 is 0 Å². The van der Waals surface area contributed by atoms with Crippen molar-refractivity contribution in [3.8, 4) is 0 Å². The van der Waals surface area contributed by atoms with Gasteiger partial charge in [-0.1, -0.05) is 89.6 Å². The standard InChI is InChI=1S/C16H31B/c1-4-14-16(2,3)17-15-12-10-8-6-5-7-9-11-13-15/h4,14-15,17H,5-13H2,1-3H3. The monoisotopic (exact) mass is 234 g/mol. The Kier molecular flexibility index (Phi) is 7.00. The average molecular weight is 234 g/mol. The van der Waals surface area contributed by atoms with Gasteiger partial charge in [0.15, 0.2) is 0 Å². The van der Waals surface area contributed by atoms with E-state index in [2.05, 4.69) is 32.9 Å². The minimum absolute atomic E-state index is 0.406. The lowest BCUT2D eigenvalue weighted by Crippen LogP contribution is -2.17. The average Bonchev–Trinajstić information content (AvgIpc) is 2.26. The van der Waals surface area contributed by atoms with Gasteiger partial charge in [-0.2, -0.15) is 0 Å². The lowest BCUT2D eigenvalue weighted by atomic mass is 9.45. The molecule has 0 spiro atoms. The second-order valence-corrected chi connectivity index (χ2v) is 6.61. The first-order valence-corrected chi connectivity index (χ1v) is 7.78. The van der Waals surface area contributed by atoms with Crippen LogP contribution in [0.4, 0.5) is 0 Å². The third-order valence-corrected chi connectivity index (χ3v) is 4.16. The van der Waals surface area contributed by atoms with E-state index in [1.54, 1.807) is 0 Å². The molecule has 0 nitrogen and oxygen atoms in total. The Morgan fingerprint density at radius 3 is 1.82 bits per heavy atom. The summed E-state index contributed by atoms with van der Waals surface area (Å²) in [4.78, 5) is 0. The van der Waals surface area contributed by atoms with Crippen molar-refractivity contribution >= 4 is 7.28 Å². The van der Waals surface area contributed by atoms with Gasteiger partial charge in [0.2, 0.25) is 0 Å². The predicted molar refractivity (Wildman–Crippen MR) is 81.3 cm³/mol. The molecular formula is C16H31B. The van der Waals surface area contributed by atoms with E-state index in [-0.39, 0.29) is 0 Å². The molecule has 0 saturated heterocycles. The van der Waals surface area contributed by atoms with Gasteiger partial charge in [-0.3, -0.25) is 0 Å². The summed E-state index contributed by atoms with van der Waals surface area (Å²) in [7, 11) is 1.39. The summed E-state index contributed by atoms with van der Waals surface area (Å²) in [5.41, 5.74) is 0. The number of hydrogen-bond donors (Lipinski definition) is 0. The van der Waals surface area contributed by atoms with E-state index in [1.165, 1.54) is 65.1 Å². The number of hydrogen-bond acceptors (Lipinski definition) is 0. The normalized spacial score (nSPS) is 21.6. The van der Waals surface area contributed by atoms with Crippen molar-refractivity contribution in [2.75, 3.05) is 0 Å². The smallest absolute Gasteiger partial charge is 0.0918 e. The van der Waals surface area contributed by atoms with Gasteiger partial charge in [0.25, 0.3) is 0 Å². The Labute approximate surface area is 110 Å². The fourth-order valence-corrected chi connectivity index (χ4v) is 3.36. The van der Waals surface area contributed by atoms with Crippen molar-refractivity contribution in [3.05, 3.63) is 12.2 Å². The van der Waals surface area contributed by atoms with Crippen LogP contribution in [0.15, 0.2) is 12.2 Å². The van der Waals surface area contributed by atoms with Gasteiger partial charge in [-0.15, -0.1) is 0 Å². The van der Waals surface area contributed by atoms with E-state index in [0.717, 1.165) is 5.82 Å². The molecule has 1 aliphatic rings. The Morgan fingerprint density at radius 2 is 1.35 bits per heavy atom. The summed E-state index contributed by atoms with van der Waals surface area (Å²) in [6, 6.07) is 0. The van der Waals surface area contributed by atoms with Crippen molar-refractivity contribution in [1.29, 1.82) is 0 Å². The summed E-state index contributed by atoms with van der Waals surface area (Å²) in [6.45, 7) is 6.94. The lowest BCUT2D eigenvalue weighted by molar-refractivity contribution is 0.498. The molecule has 0 amide bonds. The van der Waals surface area contributed by atoms with Crippen LogP contribution in [0.1, 0.15) is 78.6 Å². The molecular weight excluding hydrogens is 203 g/mol. The maximum absolute atomic E-state index is 2.39. The summed E-state index contributed by atoms with van der Waals surface area (Å²) in [6.07, 6.45) is 17.9. The second-order valence-electron chi connectivity index (χ2n) is 6.61. The fraction of sp³-hybridized carbons (Fsp3) is 0.875. The first-order valence-electron chi connectivity index (χ1n) is 7.78. The van der Waals surface area contributed by atoms with E-state index in [0.29, 0.717) is 5.31 Å². The van der Waals surface area contributed by atoms with Gasteiger partial charge in [0, 0.05) is 0 Å². The molecule has 0 aromatic heterocycles. The van der Waals surface area contributed by atoms with Gasteiger partial charge in [-0.25, -0.2) is 0 Å². The van der Waals surface area contributed by atoms with Crippen LogP contribution in [-0.4, -0.2) is 7.28 Å². The van der Waals surface area contributed by atoms with Crippen molar-refractivity contribution in [1.82, 2.24) is 0 Å². The summed E-state index contributed by atoms with van der Waals surface area (Å²) in [5.74, 6) is 0.972. The summed E-state index contributed by atoms with van der Waals surface area (Å²) >= 11 is 0. The van der Waals surface area contributed by atoms with Crippen LogP contribution in [0.5, 0.6) is 0 Å². The maximum atomic E-state index is 2.39. The molecule has 1 saturated carbocycles. The second kappa shape index (κ2) is 8.00. The molecule has 0 radical (unpaired) electrons. The van der Waals surface area contributed by atoms with Crippen molar-refractivity contribution < 1.29 is 0 Å². The highest BCUT2D eigenvalue weighted by Gasteiger charge is 2.22. The molecule has 0 bridgehead atoms. The van der Waals surface area contributed by atoms with Crippen LogP contribution in [0.3, 0.4) is 0 Å². The van der Waals surface area contributed by atoms with Gasteiger partial charge in [0.05, 0.1) is 0 Å². The molecule has 1 heteroatoms. The summed E-state index contributed by atoms with van der Waals surface area (Å²) < 4.78 is 0. The Bertz CT molecular complexity index is 208. The van der Waals surface area contributed by atoms with Gasteiger partial charge in [-0.05, 0) is 12.2 Å². The Hall–Kier alpha value is -0.195. The molecule has 0 aromatic rings. The zero-order chi connectivity index (χ0) is 12.6. The maximum Gasteiger partial charge on any atom is 0.135 e. The molecule has 98 valence electrons. The highest BCUT2D eigenvalue weighted by atomic mass is 14.1. The Balaban J connectivity index is 2.41. The van der Waals surface area contributed by atoms with Crippen LogP contribution in [0, 0.1) is 0 Å². The molecule has 0 atom stereocenters. The largest absolute Gasteiger partial charge is 0.135 e. The van der Waals surface area contributed by atoms with Crippen molar-refractivity contribution in [2.24, 2.45) is 0 Å². The number of rotatable bonds is 3. The molecule has 1 aliphatic carbocycles. The predicted octanol–water partition coefficient (Wildman–Crippen LogP) is 5.51. The molecule has 0 aliphatic heterocycles. The zero-order valence-electron chi connectivity index (χ0n) is 12.3. The minimum Gasteiger partial charge on any atom is -0.0918 e. The third kappa shape index (κ3) is 6.96. The van der Waals surface area contributed by atoms with Crippen molar-refractivity contribution in [2.45, 2.75) is 89.7 Å². The van der Waals surface area contributed by atoms with E-state index >= 15 is 0 Å². The van der Waals surface area contributed by atoms with Gasteiger partial charge in [0.1, 0.15) is 7.28 Å². The van der Waals surface area contributed by atoms with E-state index in [9.17, 15) is 0 Å². The first-order chi connectivity index (χ1) is 8.14. The zero-order valence-corrected chi connectivity index (χ0v) is 12.3. The summed E-state index contributed by atoms with van der Waals surface area (Å²) in [5, 5.41) is 0.406. The van der Waals surface area contributed by atoms with Crippen LogP contribution < -0.4 is 0 Å². The molecule has 0 N–H and O–H groups in total. The van der Waals surface area contributed by atoms with E-state index in [1.807, 2.05) is 0 Å². The highest BCUT2D eigenvalue weighted by Crippen LogP contribution is 2.35. The quantitative estimate of drug-likeness (QED) is 0.446. The van der Waals surface area contributed by atoms with Crippen LogP contribution in [0.25, 0.3) is 0 Å². The molecule has 0 heterocycles. The number of allylic oxidation sites excluding steroid dienone is 2. The molecule has 0 aromatic carbocycles. The van der Waals surface area contributed by atoms with E-state index in [4.69, 9.17) is 0 Å². The third-order valence-electron chi connectivity index (χ3n) is 4.16. The van der Waals surface area contributed by atoms with Gasteiger partial charge < -0.3 is 0 Å². The SMILES string of the molecule is CC=CC(C)(C)BC1CCCCCCCCC1. The molecule has 0 unspecified atom stereocenters. The fourth-order valence-electron chi connectivity index (χ4n) is 3.36. The van der Waals surface area contributed by atoms with Crippen LogP contribution in [-0.2, 0) is 0 Å². The lowest BCUT2D eigenvalue weighted by Gasteiger charge is -2.26. The van der Waals surface area contributed by atoms with Crippen LogP contribution in [0.2, 0.25) is 11.1 Å². The van der Waals surface area contributed by atoms with Crippen LogP contribution >= 0.6 is 0 Å². The van der Waals surface area contributed by atoms with Crippen molar-refractivity contribution in [3.63, 3.8) is 0 Å². The molecule has 1 fully saturated rings. The molecule has 17 heavy (non-hydrogen) atoms. The first kappa shape index (κ1) is 14.9. The topological polar surface area (TPSA) is 0 Å². The Morgan fingerprint density at radius 1 is 0.882 bits per heavy atom.